The third-order valence-electron chi connectivity index (χ3n) is 2.23. The number of thiocarbonyl (C=S) groups is 1. The van der Waals surface area contributed by atoms with E-state index in [1.54, 1.807) is 12.1 Å². The average Bonchev–Trinajstić information content (AvgIpc) is 2.40. The summed E-state index contributed by atoms with van der Waals surface area (Å²) >= 11 is 4.90. The Labute approximate surface area is 116 Å². The lowest BCUT2D eigenvalue weighted by atomic mass is 10.3. The van der Waals surface area contributed by atoms with E-state index in [1.165, 1.54) is 12.4 Å². The molecule has 2 N–H and O–H groups in total. The van der Waals surface area contributed by atoms with Crippen molar-refractivity contribution in [1.29, 1.82) is 0 Å². The molecule has 5 nitrogen and oxygen atoms in total. The largest absolute Gasteiger partial charge is 0.494 e. The third kappa shape index (κ3) is 3.38. The van der Waals surface area contributed by atoms with E-state index in [9.17, 15) is 0 Å². The topological polar surface area (TPSA) is 70.3 Å². The van der Waals surface area contributed by atoms with E-state index in [2.05, 4.69) is 9.97 Å². The molecule has 1 aromatic carbocycles. The second-order valence-corrected chi connectivity index (χ2v) is 4.02. The highest BCUT2D eigenvalue weighted by Crippen LogP contribution is 2.25. The number of rotatable bonds is 5. The summed E-state index contributed by atoms with van der Waals surface area (Å²) in [6.07, 6.45) is 3.03. The Balaban J connectivity index is 2.26. The fourth-order valence-corrected chi connectivity index (χ4v) is 1.61. The van der Waals surface area contributed by atoms with Gasteiger partial charge in [0.1, 0.15) is 16.5 Å². The van der Waals surface area contributed by atoms with E-state index in [0.717, 1.165) is 5.75 Å². The first-order valence-corrected chi connectivity index (χ1v) is 6.13. The third-order valence-corrected chi connectivity index (χ3v) is 2.42. The monoisotopic (exact) mass is 275 g/mol. The van der Waals surface area contributed by atoms with E-state index in [1.807, 2.05) is 19.1 Å². The summed E-state index contributed by atoms with van der Waals surface area (Å²) in [6, 6.07) is 7.24. The van der Waals surface area contributed by atoms with E-state index in [-0.39, 0.29) is 10.9 Å². The number of hydrogen-bond donors (Lipinski definition) is 1. The molecule has 0 aliphatic carbocycles. The fraction of sp³-hybridized carbons (Fsp3) is 0.154. The highest BCUT2D eigenvalue weighted by Gasteiger charge is 2.10. The summed E-state index contributed by atoms with van der Waals surface area (Å²) in [5.41, 5.74) is 5.93. The number of nitrogens with zero attached hydrogens (tertiary/aromatic N) is 2. The normalized spacial score (nSPS) is 9.95. The molecular weight excluding hydrogens is 262 g/mol. The van der Waals surface area contributed by atoms with E-state index >= 15 is 0 Å². The molecule has 0 aliphatic heterocycles. The van der Waals surface area contributed by atoms with Crippen LogP contribution >= 0.6 is 12.2 Å². The van der Waals surface area contributed by atoms with Crippen LogP contribution in [-0.4, -0.2) is 21.6 Å². The summed E-state index contributed by atoms with van der Waals surface area (Å²) in [5.74, 6) is 1.59. The molecule has 0 saturated heterocycles. The van der Waals surface area contributed by atoms with Crippen molar-refractivity contribution in [2.24, 2.45) is 5.73 Å². The van der Waals surface area contributed by atoms with Crippen molar-refractivity contribution in [1.82, 2.24) is 9.97 Å². The van der Waals surface area contributed by atoms with Gasteiger partial charge in [-0.05, 0) is 19.1 Å². The summed E-state index contributed by atoms with van der Waals surface area (Å²) in [5, 5.41) is 0. The molecule has 2 rings (SSSR count). The average molecular weight is 275 g/mol. The molecule has 0 aliphatic rings. The Bertz CT molecular complexity index is 590. The Morgan fingerprint density at radius 3 is 2.74 bits per heavy atom. The lowest BCUT2D eigenvalue weighted by Crippen LogP contribution is -2.13. The highest BCUT2D eigenvalue weighted by molar-refractivity contribution is 7.80. The molecule has 0 atom stereocenters. The van der Waals surface area contributed by atoms with Gasteiger partial charge in [-0.3, -0.25) is 0 Å². The molecule has 0 unspecified atom stereocenters. The van der Waals surface area contributed by atoms with Crippen molar-refractivity contribution in [2.45, 2.75) is 6.92 Å². The van der Waals surface area contributed by atoms with Gasteiger partial charge in [-0.2, -0.15) is 0 Å². The molecule has 0 radical (unpaired) electrons. The smallest absolute Gasteiger partial charge is 0.248 e. The lowest BCUT2D eigenvalue weighted by molar-refractivity contribution is 0.338. The first-order chi connectivity index (χ1) is 9.20. The zero-order chi connectivity index (χ0) is 13.7. The van der Waals surface area contributed by atoms with Crippen LogP contribution < -0.4 is 15.2 Å². The minimum atomic E-state index is 0.143. The van der Waals surface area contributed by atoms with Gasteiger partial charge in [0, 0.05) is 18.5 Å². The first kappa shape index (κ1) is 13.2. The van der Waals surface area contributed by atoms with Gasteiger partial charge < -0.3 is 15.2 Å². The van der Waals surface area contributed by atoms with Gasteiger partial charge in [0.15, 0.2) is 5.69 Å². The first-order valence-electron chi connectivity index (χ1n) is 5.72. The number of aromatic nitrogens is 2. The summed E-state index contributed by atoms with van der Waals surface area (Å²) < 4.78 is 11.0. The maximum Gasteiger partial charge on any atom is 0.248 e. The minimum absolute atomic E-state index is 0.143. The fourth-order valence-electron chi connectivity index (χ4n) is 1.47. The molecule has 0 amide bonds. The van der Waals surface area contributed by atoms with E-state index in [0.29, 0.717) is 18.1 Å². The molecule has 0 fully saturated rings. The van der Waals surface area contributed by atoms with Gasteiger partial charge >= 0.3 is 0 Å². The Kier molecular flexibility index (Phi) is 4.25. The van der Waals surface area contributed by atoms with Crippen LogP contribution in [-0.2, 0) is 0 Å². The number of hydrogen-bond acceptors (Lipinski definition) is 5. The van der Waals surface area contributed by atoms with Gasteiger partial charge in [0.05, 0.1) is 6.61 Å². The highest BCUT2D eigenvalue weighted by atomic mass is 32.1. The lowest BCUT2D eigenvalue weighted by Gasteiger charge is -2.09. The van der Waals surface area contributed by atoms with Crippen molar-refractivity contribution < 1.29 is 9.47 Å². The van der Waals surface area contributed by atoms with E-state index in [4.69, 9.17) is 27.4 Å². The number of ether oxygens (including phenoxy) is 2. The molecule has 0 saturated carbocycles. The van der Waals surface area contributed by atoms with Gasteiger partial charge in [0.25, 0.3) is 0 Å². The Hall–Kier alpha value is -2.21. The minimum Gasteiger partial charge on any atom is -0.494 e. The summed E-state index contributed by atoms with van der Waals surface area (Å²) in [6.45, 7) is 2.51. The molecule has 1 aromatic heterocycles. The van der Waals surface area contributed by atoms with Crippen LogP contribution in [0.15, 0.2) is 36.7 Å². The van der Waals surface area contributed by atoms with Crippen LogP contribution in [0.1, 0.15) is 12.6 Å². The van der Waals surface area contributed by atoms with Gasteiger partial charge in [-0.25, -0.2) is 9.97 Å². The quantitative estimate of drug-likeness (QED) is 0.844. The molecule has 19 heavy (non-hydrogen) atoms. The van der Waals surface area contributed by atoms with E-state index < -0.39 is 0 Å². The standard InChI is InChI=1S/C13H13N3O2S/c1-2-17-9-4-3-5-10(8-9)18-13-11(12(14)19)15-6-7-16-13/h3-8H,2H2,1H3,(H2,14,19). The Morgan fingerprint density at radius 2 is 2.00 bits per heavy atom. The molecule has 6 heteroatoms. The van der Waals surface area contributed by atoms with Gasteiger partial charge in [-0.15, -0.1) is 0 Å². The van der Waals surface area contributed by atoms with Crippen molar-refractivity contribution >= 4 is 17.2 Å². The van der Waals surface area contributed by atoms with Crippen LogP contribution in [0.25, 0.3) is 0 Å². The number of benzene rings is 1. The van der Waals surface area contributed by atoms with Gasteiger partial charge in [-0.1, -0.05) is 18.3 Å². The van der Waals surface area contributed by atoms with Crippen molar-refractivity contribution in [2.75, 3.05) is 6.61 Å². The molecule has 0 bridgehead atoms. The molecule has 2 aromatic rings. The SMILES string of the molecule is CCOc1cccc(Oc2nccnc2C(N)=S)c1. The van der Waals surface area contributed by atoms with Crippen LogP contribution in [0.3, 0.4) is 0 Å². The van der Waals surface area contributed by atoms with Crippen LogP contribution in [0.4, 0.5) is 0 Å². The maximum absolute atomic E-state index is 5.64. The second kappa shape index (κ2) is 6.10. The molecular formula is C13H13N3O2S. The van der Waals surface area contributed by atoms with Crippen molar-refractivity contribution in [3.63, 3.8) is 0 Å². The maximum atomic E-state index is 5.64. The zero-order valence-corrected chi connectivity index (χ0v) is 11.2. The van der Waals surface area contributed by atoms with Crippen LogP contribution in [0, 0.1) is 0 Å². The van der Waals surface area contributed by atoms with Gasteiger partial charge in [0.2, 0.25) is 5.88 Å². The summed E-state index contributed by atoms with van der Waals surface area (Å²) in [4.78, 5) is 8.27. The van der Waals surface area contributed by atoms with Crippen molar-refractivity contribution in [3.05, 3.63) is 42.4 Å². The predicted molar refractivity (Wildman–Crippen MR) is 75.6 cm³/mol. The second-order valence-electron chi connectivity index (χ2n) is 3.58. The number of nitrogens with two attached hydrogens (primary N) is 1. The molecule has 0 spiro atoms. The van der Waals surface area contributed by atoms with Crippen LogP contribution in [0.2, 0.25) is 0 Å². The molecule has 98 valence electrons. The van der Waals surface area contributed by atoms with Crippen molar-refractivity contribution in [3.8, 4) is 17.4 Å². The zero-order valence-electron chi connectivity index (χ0n) is 10.4. The predicted octanol–water partition coefficient (Wildman–Crippen LogP) is 2.30. The summed E-state index contributed by atoms with van der Waals surface area (Å²) in [7, 11) is 0. The Morgan fingerprint density at radius 1 is 1.26 bits per heavy atom. The van der Waals surface area contributed by atoms with Crippen LogP contribution in [0.5, 0.6) is 17.4 Å². The molecule has 1 heterocycles.